The summed E-state index contributed by atoms with van der Waals surface area (Å²) in [6.07, 6.45) is 3.09. The van der Waals surface area contributed by atoms with Gasteiger partial charge < -0.3 is 15.2 Å². The van der Waals surface area contributed by atoms with Gasteiger partial charge in [-0.3, -0.25) is 9.59 Å². The molecule has 1 amide bonds. The van der Waals surface area contributed by atoms with Crippen LogP contribution < -0.4 is 10.9 Å². The molecule has 0 aliphatic carbocycles. The Morgan fingerprint density at radius 3 is 2.60 bits per heavy atom. The van der Waals surface area contributed by atoms with Crippen molar-refractivity contribution in [2.45, 2.75) is 24.7 Å². The predicted octanol–water partition coefficient (Wildman–Crippen LogP) is 1.00. The molecule has 2 aromatic rings. The number of rotatable bonds is 2. The molecule has 25 heavy (non-hydrogen) atoms. The smallest absolute Gasteiger partial charge is 0.282 e. The Balaban J connectivity index is 0.00000182. The van der Waals surface area contributed by atoms with E-state index in [4.69, 9.17) is 0 Å². The van der Waals surface area contributed by atoms with Crippen molar-refractivity contribution in [2.24, 2.45) is 0 Å². The van der Waals surface area contributed by atoms with Crippen molar-refractivity contribution in [2.75, 3.05) is 26.2 Å². The van der Waals surface area contributed by atoms with Gasteiger partial charge >= 0.3 is 0 Å². The molecule has 136 valence electrons. The van der Waals surface area contributed by atoms with Crippen LogP contribution in [0.25, 0.3) is 5.65 Å². The minimum Gasteiger partial charge on any atom is -0.326 e. The van der Waals surface area contributed by atoms with Crippen molar-refractivity contribution in [3.8, 4) is 0 Å². The second-order valence-corrected chi connectivity index (χ2v) is 6.42. The number of piperidine rings is 1. The highest BCUT2D eigenvalue weighted by atomic mass is 35.5. The van der Waals surface area contributed by atoms with Gasteiger partial charge in [-0.25, -0.2) is 13.3 Å². The van der Waals surface area contributed by atoms with E-state index in [-0.39, 0.29) is 35.1 Å². The van der Waals surface area contributed by atoms with Crippen LogP contribution in [0.4, 0.5) is 8.78 Å². The summed E-state index contributed by atoms with van der Waals surface area (Å²) in [5.41, 5.74) is 0.859. The van der Waals surface area contributed by atoms with Crippen molar-refractivity contribution in [1.82, 2.24) is 24.8 Å². The highest BCUT2D eigenvalue weighted by Gasteiger charge is 2.47. The van der Waals surface area contributed by atoms with Crippen LogP contribution in [0.3, 0.4) is 0 Å². The van der Waals surface area contributed by atoms with E-state index < -0.39 is 24.9 Å². The molecule has 0 radical (unpaired) electrons. The zero-order chi connectivity index (χ0) is 16.9. The van der Waals surface area contributed by atoms with Gasteiger partial charge in [0, 0.05) is 12.0 Å². The predicted molar refractivity (Wildman–Crippen MR) is 88.8 cm³/mol. The van der Waals surface area contributed by atoms with Gasteiger partial charge in [-0.15, -0.1) is 12.4 Å². The number of carbonyl (C=O) groups excluding carboxylic acids is 1. The van der Waals surface area contributed by atoms with Gasteiger partial charge in [0.25, 0.3) is 17.4 Å². The lowest BCUT2D eigenvalue weighted by Gasteiger charge is -2.38. The number of amides is 1. The first kappa shape index (κ1) is 17.8. The molecule has 0 aromatic carbocycles. The molecule has 0 bridgehead atoms. The molecule has 2 saturated heterocycles. The lowest BCUT2D eigenvalue weighted by Crippen LogP contribution is -2.58. The van der Waals surface area contributed by atoms with E-state index in [1.54, 1.807) is 4.52 Å². The van der Waals surface area contributed by atoms with Crippen molar-refractivity contribution < 1.29 is 13.6 Å². The van der Waals surface area contributed by atoms with E-state index in [9.17, 15) is 18.4 Å². The molecule has 2 aliphatic rings. The summed E-state index contributed by atoms with van der Waals surface area (Å²) >= 11 is 0. The summed E-state index contributed by atoms with van der Waals surface area (Å²) in [7, 11) is 0. The lowest BCUT2D eigenvalue weighted by atomic mass is 9.94. The number of H-pyrrole nitrogens is 1. The van der Waals surface area contributed by atoms with E-state index in [2.05, 4.69) is 15.4 Å². The van der Waals surface area contributed by atoms with Crippen molar-refractivity contribution >= 4 is 24.0 Å². The summed E-state index contributed by atoms with van der Waals surface area (Å²) in [5, 5.41) is 7.49. The first-order valence-electron chi connectivity index (χ1n) is 7.93. The van der Waals surface area contributed by atoms with Crippen LogP contribution in [0.5, 0.6) is 0 Å². The van der Waals surface area contributed by atoms with Crippen LogP contribution in [-0.2, 0) is 0 Å². The monoisotopic (exact) mass is 373 g/mol. The van der Waals surface area contributed by atoms with Gasteiger partial charge in [-0.1, -0.05) is 0 Å². The second-order valence-electron chi connectivity index (χ2n) is 6.42. The molecule has 2 aromatic heterocycles. The molecule has 2 N–H and O–H groups in total. The number of hydrogen-bond acceptors (Lipinski definition) is 4. The van der Waals surface area contributed by atoms with E-state index in [1.165, 1.54) is 12.3 Å². The fourth-order valence-corrected chi connectivity index (χ4v) is 3.40. The van der Waals surface area contributed by atoms with Gasteiger partial charge in [-0.05, 0) is 25.9 Å². The molecule has 4 heterocycles. The first-order valence-corrected chi connectivity index (χ1v) is 7.93. The van der Waals surface area contributed by atoms with Crippen LogP contribution in [0, 0.1) is 0 Å². The number of aromatic nitrogens is 3. The molecule has 2 aliphatic heterocycles. The third-order valence-corrected chi connectivity index (χ3v) is 4.65. The number of aromatic amines is 1. The number of fused-ring (bicyclic) bond motifs is 1. The number of alkyl halides is 2. The maximum Gasteiger partial charge on any atom is 0.282 e. The Kier molecular flexibility index (Phi) is 4.54. The Labute approximate surface area is 147 Å². The third-order valence-electron chi connectivity index (χ3n) is 4.65. The fourth-order valence-electron chi connectivity index (χ4n) is 3.40. The fraction of sp³-hybridized carbons (Fsp3) is 0.533. The van der Waals surface area contributed by atoms with Crippen molar-refractivity contribution in [3.63, 3.8) is 0 Å². The molecule has 10 heteroatoms. The van der Waals surface area contributed by atoms with E-state index in [0.717, 1.165) is 36.5 Å². The molecule has 7 nitrogen and oxygen atoms in total. The molecular weight excluding hydrogens is 356 g/mol. The third kappa shape index (κ3) is 3.13. The quantitative estimate of drug-likeness (QED) is 0.823. The molecule has 0 spiro atoms. The van der Waals surface area contributed by atoms with Gasteiger partial charge in [0.05, 0.1) is 25.0 Å². The highest BCUT2D eigenvalue weighted by molar-refractivity contribution is 6.00. The van der Waals surface area contributed by atoms with Gasteiger partial charge in [-0.2, -0.15) is 5.10 Å². The van der Waals surface area contributed by atoms with Crippen LogP contribution in [0.1, 0.15) is 34.8 Å². The summed E-state index contributed by atoms with van der Waals surface area (Å²) < 4.78 is 27.6. The molecule has 0 saturated carbocycles. The van der Waals surface area contributed by atoms with Crippen LogP contribution in [0.2, 0.25) is 0 Å². The number of likely N-dealkylation sites (tertiary alicyclic amines) is 1. The summed E-state index contributed by atoms with van der Waals surface area (Å²) in [6, 6.07) is 1.50. The first-order chi connectivity index (χ1) is 11.4. The molecule has 4 rings (SSSR count). The standard InChI is InChI=1S/C15H17F2N5O2.ClH/c16-15(17)7-21(8-15)14(24)10-6-19-22-11(5-12(23)20-13(10)22)9-1-3-18-4-2-9;/h5-6,9,18H,1-4,7-8H2,(H,20,23);1H. The largest absolute Gasteiger partial charge is 0.326 e. The maximum atomic E-state index is 13.0. The van der Waals surface area contributed by atoms with E-state index in [1.807, 2.05) is 0 Å². The summed E-state index contributed by atoms with van der Waals surface area (Å²) in [4.78, 5) is 28.1. The molecule has 0 unspecified atom stereocenters. The minimum absolute atomic E-state index is 0. The van der Waals surface area contributed by atoms with Gasteiger partial charge in [0.1, 0.15) is 11.2 Å². The van der Waals surface area contributed by atoms with Gasteiger partial charge in [0.15, 0.2) is 0 Å². The number of nitrogens with zero attached hydrogens (tertiary/aromatic N) is 3. The Morgan fingerprint density at radius 1 is 1.28 bits per heavy atom. The Bertz CT molecular complexity index is 851. The van der Waals surface area contributed by atoms with Crippen LogP contribution >= 0.6 is 12.4 Å². The average molecular weight is 374 g/mol. The van der Waals surface area contributed by atoms with Gasteiger partial charge in [0.2, 0.25) is 0 Å². The molecule has 0 atom stereocenters. The van der Waals surface area contributed by atoms with E-state index >= 15 is 0 Å². The van der Waals surface area contributed by atoms with Crippen molar-refractivity contribution in [3.05, 3.63) is 33.9 Å². The molecular formula is C15H18ClF2N5O2. The lowest BCUT2D eigenvalue weighted by molar-refractivity contribution is -0.113. The number of nitrogens with one attached hydrogen (secondary N) is 2. The normalized spacial score (nSPS) is 20.2. The zero-order valence-electron chi connectivity index (χ0n) is 13.3. The SMILES string of the molecule is Cl.O=C(c1cnn2c(C3CCNCC3)cc(=O)[nH]c12)N1CC(F)(F)C1. The number of carbonyl (C=O) groups is 1. The summed E-state index contributed by atoms with van der Waals surface area (Å²) in [6.45, 7) is 0.520. The zero-order valence-corrected chi connectivity index (χ0v) is 14.1. The summed E-state index contributed by atoms with van der Waals surface area (Å²) in [5.74, 6) is -3.19. The van der Waals surface area contributed by atoms with Crippen LogP contribution in [0.15, 0.2) is 17.1 Å². The molecule has 2 fully saturated rings. The topological polar surface area (TPSA) is 82.5 Å². The average Bonchev–Trinajstić information content (AvgIpc) is 2.95. The minimum atomic E-state index is -2.83. The van der Waals surface area contributed by atoms with Crippen LogP contribution in [-0.4, -0.2) is 57.5 Å². The van der Waals surface area contributed by atoms with E-state index in [0.29, 0.717) is 0 Å². The Morgan fingerprint density at radius 2 is 1.96 bits per heavy atom. The second kappa shape index (κ2) is 6.38. The maximum absolute atomic E-state index is 13.0. The van der Waals surface area contributed by atoms with Crippen molar-refractivity contribution in [1.29, 1.82) is 0 Å². The highest BCUT2D eigenvalue weighted by Crippen LogP contribution is 2.29. The number of hydrogen-bond donors (Lipinski definition) is 2. The Hall–Kier alpha value is -2.00. The number of halogens is 3.